The van der Waals surface area contributed by atoms with Gasteiger partial charge in [0.15, 0.2) is 11.2 Å². The summed E-state index contributed by atoms with van der Waals surface area (Å²) in [5.74, 6) is -5.93. The molecule has 2 aliphatic heterocycles. The van der Waals surface area contributed by atoms with E-state index < -0.39 is 59.0 Å². The third-order valence-corrected chi connectivity index (χ3v) is 8.68. The molecule has 0 radical (unpaired) electrons. The second-order valence-electron chi connectivity index (χ2n) is 9.60. The van der Waals surface area contributed by atoms with Crippen LogP contribution < -0.4 is 0 Å². The van der Waals surface area contributed by atoms with E-state index in [1.165, 1.54) is 0 Å². The predicted octanol–water partition coefficient (Wildman–Crippen LogP) is 4.51. The number of fused-ring (bicyclic) bond motifs is 16. The average Bonchev–Trinajstić information content (AvgIpc) is 3.51. The van der Waals surface area contributed by atoms with Crippen LogP contribution >= 0.6 is 0 Å². The van der Waals surface area contributed by atoms with Crippen molar-refractivity contribution in [1.29, 1.82) is 0 Å². The van der Waals surface area contributed by atoms with Gasteiger partial charge in [0.05, 0.1) is 0 Å². The third kappa shape index (κ3) is 1.65. The van der Waals surface area contributed by atoms with Crippen molar-refractivity contribution in [2.75, 3.05) is 0 Å². The van der Waals surface area contributed by atoms with E-state index in [2.05, 4.69) is 10.2 Å². The second kappa shape index (κ2) is 4.81. The molecule has 4 fully saturated rings. The van der Waals surface area contributed by atoms with Crippen LogP contribution in [0.5, 0.6) is 0 Å². The summed E-state index contributed by atoms with van der Waals surface area (Å²) in [5.41, 5.74) is -4.04. The molecule has 4 nitrogen and oxygen atoms in total. The third-order valence-electron chi connectivity index (χ3n) is 8.68. The zero-order chi connectivity index (χ0) is 20.8. The summed E-state index contributed by atoms with van der Waals surface area (Å²) in [4.78, 5) is 0. The summed E-state index contributed by atoms with van der Waals surface area (Å²) in [5, 5.41) is 6.80. The second-order valence-corrected chi connectivity index (χ2v) is 9.60. The van der Waals surface area contributed by atoms with Crippen LogP contribution in [-0.2, 0) is 16.5 Å². The van der Waals surface area contributed by atoms with Crippen molar-refractivity contribution in [3.63, 3.8) is 0 Å². The number of alkyl halides is 6. The minimum Gasteiger partial charge on any atom is -0.414 e. The van der Waals surface area contributed by atoms with E-state index in [-0.39, 0.29) is 23.7 Å². The SMILES string of the molecule is FC(F)(F)c1nnc(C23OC(C(F)(F)F)([C@@H]4C5C=CC(C5)[C@@H]42)[C@H]2C4C=CC(C4)[C@H]23)o1. The van der Waals surface area contributed by atoms with Gasteiger partial charge in [0.1, 0.15) is 0 Å². The highest BCUT2D eigenvalue weighted by Crippen LogP contribution is 2.82. The lowest BCUT2D eigenvalue weighted by Crippen LogP contribution is -2.60. The molecule has 1 aromatic heterocycles. The van der Waals surface area contributed by atoms with E-state index in [0.29, 0.717) is 12.8 Å². The minimum atomic E-state index is -4.87. The lowest BCUT2D eigenvalue weighted by molar-refractivity contribution is -0.295. The van der Waals surface area contributed by atoms with Crippen LogP contribution in [0.3, 0.4) is 0 Å². The minimum absolute atomic E-state index is 0.200. The van der Waals surface area contributed by atoms with E-state index in [1.807, 2.05) is 24.3 Å². The highest BCUT2D eigenvalue weighted by atomic mass is 19.4. The normalized spacial score (nSPS) is 51.9. The van der Waals surface area contributed by atoms with Crippen molar-refractivity contribution < 1.29 is 35.5 Å². The summed E-state index contributed by atoms with van der Waals surface area (Å²) in [6.45, 7) is 0. The van der Waals surface area contributed by atoms with Crippen LogP contribution in [0.1, 0.15) is 24.6 Å². The fourth-order valence-electron chi connectivity index (χ4n) is 8.24. The first-order chi connectivity index (χ1) is 14.1. The molecule has 6 aliphatic rings. The van der Waals surface area contributed by atoms with Gasteiger partial charge >= 0.3 is 18.2 Å². The molecule has 10 atom stereocenters. The molecule has 6 unspecified atom stereocenters. The Morgan fingerprint density at radius 1 is 0.767 bits per heavy atom. The van der Waals surface area contributed by atoms with Gasteiger partial charge in [-0.05, 0) is 36.5 Å². The summed E-state index contributed by atoms with van der Waals surface area (Å²) >= 11 is 0. The average molecular weight is 430 g/mol. The first-order valence-corrected chi connectivity index (χ1v) is 10.1. The lowest BCUT2D eigenvalue weighted by Gasteiger charge is -2.48. The van der Waals surface area contributed by atoms with Crippen molar-refractivity contribution >= 4 is 0 Å². The molecule has 4 aliphatic carbocycles. The zero-order valence-corrected chi connectivity index (χ0v) is 15.3. The van der Waals surface area contributed by atoms with Crippen molar-refractivity contribution in [1.82, 2.24) is 10.2 Å². The maximum absolute atomic E-state index is 14.8. The molecule has 160 valence electrons. The van der Waals surface area contributed by atoms with Crippen LogP contribution in [0.25, 0.3) is 0 Å². The molecule has 1 aromatic rings. The molecule has 7 rings (SSSR count). The number of aromatic nitrogens is 2. The molecule has 0 spiro atoms. The Balaban J connectivity index is 1.50. The van der Waals surface area contributed by atoms with Gasteiger partial charge in [0, 0.05) is 23.7 Å². The maximum atomic E-state index is 14.8. The summed E-state index contributed by atoms with van der Waals surface area (Å²) in [7, 11) is 0. The van der Waals surface area contributed by atoms with Gasteiger partial charge in [-0.25, -0.2) is 0 Å². The van der Waals surface area contributed by atoms with E-state index in [0.717, 1.165) is 0 Å². The Morgan fingerprint density at radius 2 is 1.27 bits per heavy atom. The molecule has 6 bridgehead atoms. The van der Waals surface area contributed by atoms with Gasteiger partial charge in [0.25, 0.3) is 0 Å². The lowest BCUT2D eigenvalue weighted by atomic mass is 9.52. The number of nitrogens with zero attached hydrogens (tertiary/aromatic N) is 2. The Kier molecular flexibility index (Phi) is 2.85. The Bertz CT molecular complexity index is 970. The van der Waals surface area contributed by atoms with Crippen molar-refractivity contribution in [3.8, 4) is 0 Å². The number of hydrogen-bond acceptors (Lipinski definition) is 4. The van der Waals surface area contributed by atoms with E-state index in [4.69, 9.17) is 9.15 Å². The first kappa shape index (κ1) is 17.8. The monoisotopic (exact) mass is 430 g/mol. The molecule has 2 saturated carbocycles. The van der Waals surface area contributed by atoms with E-state index >= 15 is 0 Å². The molecule has 2 saturated heterocycles. The number of allylic oxidation sites excluding steroid dienone is 4. The summed E-state index contributed by atoms with van der Waals surface area (Å²) in [6, 6.07) is 0. The van der Waals surface area contributed by atoms with Crippen LogP contribution in [0.15, 0.2) is 28.7 Å². The maximum Gasteiger partial charge on any atom is 0.470 e. The predicted molar refractivity (Wildman–Crippen MR) is 86.3 cm³/mol. The molecule has 0 N–H and O–H groups in total. The van der Waals surface area contributed by atoms with Crippen LogP contribution in [-0.4, -0.2) is 22.0 Å². The molecule has 0 aromatic carbocycles. The fourth-order valence-corrected chi connectivity index (χ4v) is 8.24. The number of halogens is 6. The number of ether oxygens (including phenoxy) is 1. The Labute approximate surface area is 166 Å². The van der Waals surface area contributed by atoms with Gasteiger partial charge in [-0.2, -0.15) is 26.3 Å². The zero-order valence-electron chi connectivity index (χ0n) is 15.3. The smallest absolute Gasteiger partial charge is 0.414 e. The first-order valence-electron chi connectivity index (χ1n) is 10.1. The van der Waals surface area contributed by atoms with Gasteiger partial charge in [-0.1, -0.05) is 24.3 Å². The quantitative estimate of drug-likeness (QED) is 0.486. The van der Waals surface area contributed by atoms with Crippen molar-refractivity contribution in [3.05, 3.63) is 36.1 Å². The summed E-state index contributed by atoms with van der Waals surface area (Å²) < 4.78 is 95.2. The van der Waals surface area contributed by atoms with Crippen LogP contribution in [0.4, 0.5) is 26.3 Å². The molecule has 30 heavy (non-hydrogen) atoms. The molecule has 3 heterocycles. The summed E-state index contributed by atoms with van der Waals surface area (Å²) in [6.07, 6.45) is -0.986. The van der Waals surface area contributed by atoms with Crippen molar-refractivity contribution in [2.24, 2.45) is 47.3 Å². The van der Waals surface area contributed by atoms with Gasteiger partial charge in [-0.15, -0.1) is 10.2 Å². The van der Waals surface area contributed by atoms with Gasteiger partial charge in [0.2, 0.25) is 5.89 Å². The van der Waals surface area contributed by atoms with Crippen LogP contribution in [0.2, 0.25) is 0 Å². The Hall–Kier alpha value is -1.84. The molecule has 10 heteroatoms. The van der Waals surface area contributed by atoms with E-state index in [9.17, 15) is 26.3 Å². The topological polar surface area (TPSA) is 48.2 Å². The highest BCUT2D eigenvalue weighted by molar-refractivity contribution is 5.39. The van der Waals surface area contributed by atoms with E-state index in [1.54, 1.807) is 0 Å². The van der Waals surface area contributed by atoms with Crippen molar-refractivity contribution in [2.45, 2.75) is 36.4 Å². The molecule has 0 amide bonds. The molecular formula is C20H16F6N2O2. The molecular weight excluding hydrogens is 414 g/mol. The van der Waals surface area contributed by atoms with Crippen LogP contribution in [0, 0.1) is 47.3 Å². The largest absolute Gasteiger partial charge is 0.470 e. The van der Waals surface area contributed by atoms with Gasteiger partial charge < -0.3 is 9.15 Å². The highest BCUT2D eigenvalue weighted by Gasteiger charge is 2.90. The fraction of sp³-hybridized carbons (Fsp3) is 0.700. The number of rotatable bonds is 1. The van der Waals surface area contributed by atoms with Gasteiger partial charge in [-0.3, -0.25) is 0 Å². The number of hydrogen-bond donors (Lipinski definition) is 0. The Morgan fingerprint density at radius 3 is 1.70 bits per heavy atom. The standard InChI is InChI=1S/C20H16F6N2O2/c21-19(22,23)16-28-27-15(29-16)17-11-7-1-3-9(5-7)13(11)18(30-17,20(24,25)26)14-10-4-2-8(6-10)12(14)17/h1-4,7-14H,5-6H2/t7?,8?,9?,10?,11-,12+,13+,14-,17?,18?.